The molecule has 3 rings (SSSR count). The number of benzene rings is 2. The van der Waals surface area contributed by atoms with Crippen molar-refractivity contribution in [3.8, 4) is 0 Å². The molecule has 0 atom stereocenters. The average molecular weight is 456 g/mol. The van der Waals surface area contributed by atoms with E-state index in [9.17, 15) is 27.6 Å². The third-order valence-corrected chi connectivity index (χ3v) is 4.52. The minimum Gasteiger partial charge on any atom is -0.322 e. The van der Waals surface area contributed by atoms with Crippen LogP contribution in [0.3, 0.4) is 0 Å². The normalized spacial score (nSPS) is 10.9. The van der Waals surface area contributed by atoms with Crippen LogP contribution in [-0.4, -0.2) is 22.7 Å². The van der Waals surface area contributed by atoms with Crippen LogP contribution in [0.15, 0.2) is 60.8 Å². The van der Waals surface area contributed by atoms with E-state index in [1.54, 1.807) is 25.1 Å². The Morgan fingerprint density at radius 1 is 0.848 bits per heavy atom. The third kappa shape index (κ3) is 6.16. The zero-order chi connectivity index (χ0) is 24.2. The van der Waals surface area contributed by atoms with E-state index in [0.717, 1.165) is 18.2 Å². The Bertz CT molecular complexity index is 1210. The van der Waals surface area contributed by atoms with E-state index in [0.29, 0.717) is 17.1 Å². The van der Waals surface area contributed by atoms with Crippen LogP contribution in [0.4, 0.5) is 30.4 Å². The molecule has 0 aliphatic rings. The molecule has 1 heterocycles. The quantitative estimate of drug-likeness (QED) is 0.510. The number of nitrogens with zero attached hydrogens (tertiary/aromatic N) is 1. The monoisotopic (exact) mass is 456 g/mol. The number of rotatable bonds is 5. The summed E-state index contributed by atoms with van der Waals surface area (Å²) in [7, 11) is 0. The maximum absolute atomic E-state index is 12.9. The molecule has 0 aliphatic heterocycles. The molecule has 170 valence electrons. The van der Waals surface area contributed by atoms with Crippen molar-refractivity contribution in [3.63, 3.8) is 0 Å². The molecule has 2 aromatic carbocycles. The number of amides is 3. The first-order valence-electron chi connectivity index (χ1n) is 9.67. The number of aryl methyl sites for hydroxylation is 1. The van der Waals surface area contributed by atoms with Crippen LogP contribution in [0.25, 0.3) is 0 Å². The van der Waals surface area contributed by atoms with E-state index in [1.165, 1.54) is 31.3 Å². The highest BCUT2D eigenvalue weighted by atomic mass is 19.4. The summed E-state index contributed by atoms with van der Waals surface area (Å²) < 4.78 is 38.7. The molecule has 3 N–H and O–H groups in total. The highest BCUT2D eigenvalue weighted by Gasteiger charge is 2.30. The Kier molecular flexibility index (Phi) is 6.76. The van der Waals surface area contributed by atoms with E-state index >= 15 is 0 Å². The van der Waals surface area contributed by atoms with Crippen LogP contribution in [0.1, 0.15) is 38.8 Å². The molecule has 0 aliphatic carbocycles. The van der Waals surface area contributed by atoms with Gasteiger partial charge in [-0.1, -0.05) is 12.1 Å². The van der Waals surface area contributed by atoms with Crippen molar-refractivity contribution in [2.45, 2.75) is 20.0 Å². The number of carbonyl (C=O) groups is 3. The molecule has 0 spiro atoms. The summed E-state index contributed by atoms with van der Waals surface area (Å²) in [5.41, 5.74) is 0.397. The van der Waals surface area contributed by atoms with E-state index in [4.69, 9.17) is 0 Å². The lowest BCUT2D eigenvalue weighted by Crippen LogP contribution is -2.16. The molecule has 7 nitrogen and oxygen atoms in total. The fourth-order valence-corrected chi connectivity index (χ4v) is 2.90. The lowest BCUT2D eigenvalue weighted by Gasteiger charge is -2.12. The van der Waals surface area contributed by atoms with Crippen molar-refractivity contribution in [2.75, 3.05) is 16.0 Å². The molecular formula is C23H19F3N4O3. The van der Waals surface area contributed by atoms with E-state index in [1.807, 2.05) is 0 Å². The summed E-state index contributed by atoms with van der Waals surface area (Å²) >= 11 is 0. The highest BCUT2D eigenvalue weighted by molar-refractivity contribution is 6.08. The van der Waals surface area contributed by atoms with Gasteiger partial charge < -0.3 is 16.0 Å². The molecule has 10 heteroatoms. The number of anilines is 3. The number of hydrogen-bond donors (Lipinski definition) is 3. The number of aromatic nitrogens is 1. The van der Waals surface area contributed by atoms with Crippen molar-refractivity contribution in [1.29, 1.82) is 0 Å². The fraction of sp³-hybridized carbons (Fsp3) is 0.130. The number of carbonyl (C=O) groups excluding carboxylic acids is 3. The van der Waals surface area contributed by atoms with Crippen molar-refractivity contribution in [1.82, 2.24) is 4.98 Å². The van der Waals surface area contributed by atoms with Crippen LogP contribution in [0, 0.1) is 6.92 Å². The van der Waals surface area contributed by atoms with Crippen molar-refractivity contribution in [2.24, 2.45) is 0 Å². The molecule has 0 saturated carbocycles. The van der Waals surface area contributed by atoms with Gasteiger partial charge in [0.15, 0.2) is 0 Å². The number of nitrogens with one attached hydrogen (secondary N) is 3. The van der Waals surface area contributed by atoms with E-state index in [-0.39, 0.29) is 22.7 Å². The lowest BCUT2D eigenvalue weighted by atomic mass is 10.1. The summed E-state index contributed by atoms with van der Waals surface area (Å²) in [6.45, 7) is 3.05. The van der Waals surface area contributed by atoms with Gasteiger partial charge in [0, 0.05) is 23.7 Å². The topological polar surface area (TPSA) is 100 Å². The lowest BCUT2D eigenvalue weighted by molar-refractivity contribution is -0.137. The van der Waals surface area contributed by atoms with Crippen LogP contribution in [-0.2, 0) is 11.0 Å². The molecule has 3 amide bonds. The Morgan fingerprint density at radius 3 is 2.18 bits per heavy atom. The molecule has 0 unspecified atom stereocenters. The van der Waals surface area contributed by atoms with Crippen LogP contribution in [0.2, 0.25) is 0 Å². The van der Waals surface area contributed by atoms with Crippen molar-refractivity contribution >= 4 is 34.9 Å². The Labute approximate surface area is 187 Å². The van der Waals surface area contributed by atoms with Crippen LogP contribution >= 0.6 is 0 Å². The molecule has 33 heavy (non-hydrogen) atoms. The zero-order valence-electron chi connectivity index (χ0n) is 17.6. The standard InChI is InChI=1S/C23H19F3N4O3/c1-13-6-7-17(29-21(32)15-4-3-5-16(10-15)23(24,25)26)11-19(13)22(33)30-18-8-9-20(27-12-18)28-14(2)31/h3-12H,1-2H3,(H,29,32)(H,30,33)(H,27,28,31). The molecule has 1 aromatic heterocycles. The van der Waals surface area contributed by atoms with Gasteiger partial charge in [0.2, 0.25) is 5.91 Å². The van der Waals surface area contributed by atoms with E-state index < -0.39 is 23.6 Å². The van der Waals surface area contributed by atoms with Crippen molar-refractivity contribution in [3.05, 3.63) is 83.0 Å². The van der Waals surface area contributed by atoms with Gasteiger partial charge in [-0.25, -0.2) is 4.98 Å². The summed E-state index contributed by atoms with van der Waals surface area (Å²) in [6, 6.07) is 11.7. The largest absolute Gasteiger partial charge is 0.416 e. The van der Waals surface area contributed by atoms with Gasteiger partial charge in [0.05, 0.1) is 17.4 Å². The summed E-state index contributed by atoms with van der Waals surface area (Å²) in [5.74, 6) is -1.17. The Morgan fingerprint density at radius 2 is 1.55 bits per heavy atom. The van der Waals surface area contributed by atoms with Gasteiger partial charge in [-0.15, -0.1) is 0 Å². The van der Waals surface area contributed by atoms with Crippen LogP contribution < -0.4 is 16.0 Å². The van der Waals surface area contributed by atoms with E-state index in [2.05, 4.69) is 20.9 Å². The van der Waals surface area contributed by atoms with Gasteiger partial charge in [0.25, 0.3) is 11.8 Å². The number of hydrogen-bond acceptors (Lipinski definition) is 4. The third-order valence-electron chi connectivity index (χ3n) is 4.52. The molecule has 0 radical (unpaired) electrons. The first-order chi connectivity index (χ1) is 15.5. The minimum absolute atomic E-state index is 0.165. The fourth-order valence-electron chi connectivity index (χ4n) is 2.90. The van der Waals surface area contributed by atoms with Gasteiger partial charge in [0.1, 0.15) is 5.82 Å². The first-order valence-corrected chi connectivity index (χ1v) is 9.67. The summed E-state index contributed by atoms with van der Waals surface area (Å²) in [6.07, 6.45) is -3.20. The highest BCUT2D eigenvalue weighted by Crippen LogP contribution is 2.29. The summed E-state index contributed by atoms with van der Waals surface area (Å²) in [5, 5.41) is 7.69. The molecular weight excluding hydrogens is 437 g/mol. The maximum atomic E-state index is 12.9. The second-order valence-corrected chi connectivity index (χ2v) is 7.13. The molecule has 0 bridgehead atoms. The second kappa shape index (κ2) is 9.51. The number of halogens is 3. The second-order valence-electron chi connectivity index (χ2n) is 7.13. The zero-order valence-corrected chi connectivity index (χ0v) is 17.6. The van der Waals surface area contributed by atoms with Gasteiger partial charge in [-0.05, 0) is 55.0 Å². The van der Waals surface area contributed by atoms with Crippen LogP contribution in [0.5, 0.6) is 0 Å². The van der Waals surface area contributed by atoms with Gasteiger partial charge in [-0.3, -0.25) is 14.4 Å². The smallest absolute Gasteiger partial charge is 0.322 e. The SMILES string of the molecule is CC(=O)Nc1ccc(NC(=O)c2cc(NC(=O)c3cccc(C(F)(F)F)c3)ccc2C)cn1. The molecule has 0 saturated heterocycles. The first kappa shape index (κ1) is 23.5. The van der Waals surface area contributed by atoms with Crippen molar-refractivity contribution < 1.29 is 27.6 Å². The number of pyridine rings is 1. The molecule has 0 fully saturated rings. The minimum atomic E-state index is -4.57. The predicted octanol–water partition coefficient (Wildman–Crippen LogP) is 4.87. The predicted molar refractivity (Wildman–Crippen MR) is 117 cm³/mol. The van der Waals surface area contributed by atoms with Gasteiger partial charge in [-0.2, -0.15) is 13.2 Å². The maximum Gasteiger partial charge on any atom is 0.416 e. The Balaban J connectivity index is 1.74. The molecule has 3 aromatic rings. The summed E-state index contributed by atoms with van der Waals surface area (Å²) in [4.78, 5) is 40.2. The average Bonchev–Trinajstić information content (AvgIpc) is 2.75. The van der Waals surface area contributed by atoms with Gasteiger partial charge >= 0.3 is 6.18 Å². The number of alkyl halides is 3. The Hall–Kier alpha value is -4.21.